The van der Waals surface area contributed by atoms with E-state index in [2.05, 4.69) is 29.4 Å². The third kappa shape index (κ3) is 3.25. The van der Waals surface area contributed by atoms with Crippen molar-refractivity contribution in [3.05, 3.63) is 23.8 Å². The van der Waals surface area contributed by atoms with Gasteiger partial charge in [-0.25, -0.2) is 0 Å². The van der Waals surface area contributed by atoms with E-state index >= 15 is 0 Å². The van der Waals surface area contributed by atoms with Crippen molar-refractivity contribution in [1.82, 2.24) is 10.2 Å². The first kappa shape index (κ1) is 19.5. The van der Waals surface area contributed by atoms with Crippen LogP contribution in [-0.2, 0) is 16.0 Å². The van der Waals surface area contributed by atoms with Gasteiger partial charge in [-0.05, 0) is 62.4 Å². The molecule has 2 heterocycles. The van der Waals surface area contributed by atoms with Gasteiger partial charge in [0.1, 0.15) is 11.8 Å². The van der Waals surface area contributed by atoms with Crippen LogP contribution in [0.2, 0.25) is 0 Å². The van der Waals surface area contributed by atoms with Gasteiger partial charge in [0.2, 0.25) is 5.91 Å². The Bertz CT molecular complexity index is 757. The van der Waals surface area contributed by atoms with Gasteiger partial charge in [-0.3, -0.25) is 10.1 Å². The second-order valence-corrected chi connectivity index (χ2v) is 8.58. The third-order valence-corrected chi connectivity index (χ3v) is 7.06. The van der Waals surface area contributed by atoms with Crippen LogP contribution in [0.25, 0.3) is 0 Å². The summed E-state index contributed by atoms with van der Waals surface area (Å²) in [6, 6.07) is 6.24. The molecule has 3 aliphatic rings. The van der Waals surface area contributed by atoms with Gasteiger partial charge in [0.25, 0.3) is 0 Å². The zero-order chi connectivity index (χ0) is 19.9. The van der Waals surface area contributed by atoms with Gasteiger partial charge in [0.15, 0.2) is 11.5 Å². The summed E-state index contributed by atoms with van der Waals surface area (Å²) >= 11 is 0. The minimum atomic E-state index is -0.427. The van der Waals surface area contributed by atoms with Gasteiger partial charge in [0, 0.05) is 12.5 Å². The van der Waals surface area contributed by atoms with Crippen LogP contribution in [0.4, 0.5) is 0 Å². The lowest BCUT2D eigenvalue weighted by Crippen LogP contribution is -2.57. The molecule has 0 aromatic heterocycles. The molecule has 1 unspecified atom stereocenters. The van der Waals surface area contributed by atoms with E-state index in [1.165, 1.54) is 5.56 Å². The summed E-state index contributed by atoms with van der Waals surface area (Å²) in [5.41, 5.74) is 6.53. The van der Waals surface area contributed by atoms with Crippen molar-refractivity contribution in [2.24, 2.45) is 11.1 Å². The van der Waals surface area contributed by atoms with Crippen LogP contribution in [0.5, 0.6) is 11.5 Å². The number of carbonyl (C=O) groups is 1. The van der Waals surface area contributed by atoms with E-state index < -0.39 is 5.72 Å². The Morgan fingerprint density at radius 2 is 2.07 bits per heavy atom. The fraction of sp³-hybridized carbons (Fsp3) is 0.667. The standard InChI is InChI=1S/C21H31N3O4/c1-24-9-8-20(11-14-4-5-16(26-2)17(10-14)27-3)6-7-21(12-18(20)24)23-15(13-28-21)19(22)25/h4-5,10,15,18,23H,6-9,11-13H2,1-3H3,(H2,22,25)/t15-,18-,20-,21?/m0/s1. The number of hydrogen-bond donors (Lipinski definition) is 2. The molecular formula is C21H31N3O4. The number of nitrogens with one attached hydrogen (secondary N) is 1. The number of nitrogens with zero attached hydrogens (tertiary/aromatic N) is 1. The summed E-state index contributed by atoms with van der Waals surface area (Å²) in [5, 5.41) is 3.39. The molecule has 2 saturated heterocycles. The van der Waals surface area contributed by atoms with E-state index in [-0.39, 0.29) is 17.4 Å². The van der Waals surface area contributed by atoms with Gasteiger partial charge in [-0.15, -0.1) is 0 Å². The summed E-state index contributed by atoms with van der Waals surface area (Å²) in [6.45, 7) is 1.45. The van der Waals surface area contributed by atoms with Crippen LogP contribution in [0.3, 0.4) is 0 Å². The number of hydrogen-bond acceptors (Lipinski definition) is 6. The van der Waals surface area contributed by atoms with Crippen LogP contribution < -0.4 is 20.5 Å². The molecule has 154 valence electrons. The topological polar surface area (TPSA) is 86.1 Å². The summed E-state index contributed by atoms with van der Waals surface area (Å²) in [5.74, 6) is 1.20. The van der Waals surface area contributed by atoms with E-state index in [1.54, 1.807) is 14.2 Å². The first-order valence-corrected chi connectivity index (χ1v) is 10.0. The van der Waals surface area contributed by atoms with Gasteiger partial charge >= 0.3 is 0 Å². The molecule has 1 spiro atoms. The molecule has 0 radical (unpaired) electrons. The number of fused-ring (bicyclic) bond motifs is 1. The second kappa shape index (κ2) is 7.21. The van der Waals surface area contributed by atoms with E-state index in [1.807, 2.05) is 6.07 Å². The number of nitrogens with two attached hydrogens (primary N) is 1. The Labute approximate surface area is 166 Å². The molecular weight excluding hydrogens is 358 g/mol. The minimum Gasteiger partial charge on any atom is -0.493 e. The SMILES string of the molecule is COc1ccc(C[C@]23CCN(C)[C@H]2CC2(CC3)N[C@H](C(N)=O)CO2)cc1OC. The molecule has 7 nitrogen and oxygen atoms in total. The summed E-state index contributed by atoms with van der Waals surface area (Å²) in [6.07, 6.45) is 4.99. The van der Waals surface area contributed by atoms with Crippen LogP contribution in [0.15, 0.2) is 18.2 Å². The van der Waals surface area contributed by atoms with Gasteiger partial charge in [0.05, 0.1) is 20.8 Å². The van der Waals surface area contributed by atoms with Crippen molar-refractivity contribution in [3.63, 3.8) is 0 Å². The predicted molar refractivity (Wildman–Crippen MR) is 105 cm³/mol. The number of likely N-dealkylation sites (tertiary alicyclic amines) is 1. The molecule has 1 aromatic carbocycles. The fourth-order valence-corrected chi connectivity index (χ4v) is 5.47. The molecule has 7 heteroatoms. The fourth-order valence-electron chi connectivity index (χ4n) is 5.47. The van der Waals surface area contributed by atoms with Crippen molar-refractivity contribution in [2.45, 2.75) is 49.9 Å². The van der Waals surface area contributed by atoms with E-state index in [4.69, 9.17) is 19.9 Å². The van der Waals surface area contributed by atoms with Gasteiger partial charge in [-0.2, -0.15) is 0 Å². The molecule has 1 aliphatic carbocycles. The quantitative estimate of drug-likeness (QED) is 0.789. The number of carbonyl (C=O) groups excluding carboxylic acids is 1. The average Bonchev–Trinajstić information content (AvgIpc) is 3.25. The number of primary amides is 1. The molecule has 1 amide bonds. The van der Waals surface area contributed by atoms with Crippen molar-refractivity contribution in [3.8, 4) is 11.5 Å². The number of methoxy groups -OCH3 is 2. The summed E-state index contributed by atoms with van der Waals surface area (Å²) < 4.78 is 17.0. The predicted octanol–water partition coefficient (Wildman–Crippen LogP) is 1.29. The highest BCUT2D eigenvalue weighted by atomic mass is 16.5. The van der Waals surface area contributed by atoms with Crippen LogP contribution in [0, 0.1) is 5.41 Å². The van der Waals surface area contributed by atoms with Gasteiger partial charge < -0.3 is 24.8 Å². The zero-order valence-electron chi connectivity index (χ0n) is 17.0. The molecule has 28 heavy (non-hydrogen) atoms. The molecule has 4 atom stereocenters. The van der Waals surface area contributed by atoms with Crippen molar-refractivity contribution < 1.29 is 19.0 Å². The first-order chi connectivity index (χ1) is 13.4. The second-order valence-electron chi connectivity index (χ2n) is 8.58. The monoisotopic (exact) mass is 389 g/mol. The van der Waals surface area contributed by atoms with Crippen molar-refractivity contribution >= 4 is 5.91 Å². The number of benzene rings is 1. The molecule has 4 rings (SSSR count). The van der Waals surface area contributed by atoms with Crippen LogP contribution >= 0.6 is 0 Å². The highest BCUT2D eigenvalue weighted by molar-refractivity contribution is 5.80. The molecule has 2 aliphatic heterocycles. The summed E-state index contributed by atoms with van der Waals surface area (Å²) in [7, 11) is 5.53. The molecule has 3 fully saturated rings. The lowest BCUT2D eigenvalue weighted by Gasteiger charge is -2.48. The number of ether oxygens (including phenoxy) is 3. The van der Waals surface area contributed by atoms with Gasteiger partial charge in [-0.1, -0.05) is 6.07 Å². The minimum absolute atomic E-state index is 0.204. The first-order valence-electron chi connectivity index (χ1n) is 10.0. The van der Waals surface area contributed by atoms with Crippen molar-refractivity contribution in [1.29, 1.82) is 0 Å². The molecule has 1 aromatic rings. The maximum Gasteiger partial charge on any atom is 0.237 e. The lowest BCUT2D eigenvalue weighted by molar-refractivity contribution is -0.119. The summed E-state index contributed by atoms with van der Waals surface area (Å²) in [4.78, 5) is 14.0. The van der Waals surface area contributed by atoms with E-state index in [0.717, 1.165) is 50.1 Å². The lowest BCUT2D eigenvalue weighted by atomic mass is 9.65. The highest BCUT2D eigenvalue weighted by Crippen LogP contribution is 2.52. The number of rotatable bonds is 5. The Balaban J connectivity index is 1.55. The highest BCUT2D eigenvalue weighted by Gasteiger charge is 2.56. The number of amides is 1. The van der Waals surface area contributed by atoms with Crippen molar-refractivity contribution in [2.75, 3.05) is 34.4 Å². The molecule has 1 saturated carbocycles. The normalized spacial score (nSPS) is 35.1. The Morgan fingerprint density at radius 3 is 2.75 bits per heavy atom. The Morgan fingerprint density at radius 1 is 1.29 bits per heavy atom. The molecule has 3 N–H and O–H groups in total. The third-order valence-electron chi connectivity index (χ3n) is 7.06. The maximum absolute atomic E-state index is 11.6. The smallest absolute Gasteiger partial charge is 0.237 e. The Kier molecular flexibility index (Phi) is 5.02. The average molecular weight is 389 g/mol. The molecule has 0 bridgehead atoms. The largest absolute Gasteiger partial charge is 0.493 e. The van der Waals surface area contributed by atoms with E-state index in [9.17, 15) is 4.79 Å². The van der Waals surface area contributed by atoms with E-state index in [0.29, 0.717) is 12.6 Å². The zero-order valence-corrected chi connectivity index (χ0v) is 17.0. The van der Waals surface area contributed by atoms with Crippen LogP contribution in [-0.4, -0.2) is 63.0 Å². The Hall–Kier alpha value is -1.83. The van der Waals surface area contributed by atoms with Crippen LogP contribution in [0.1, 0.15) is 31.2 Å². The maximum atomic E-state index is 11.6.